The molecule has 45 heavy (non-hydrogen) atoms. The van der Waals surface area contributed by atoms with Crippen molar-refractivity contribution in [2.75, 3.05) is 6.54 Å². The zero-order valence-electron chi connectivity index (χ0n) is 25.2. The van der Waals surface area contributed by atoms with Crippen LogP contribution >= 0.6 is 0 Å². The van der Waals surface area contributed by atoms with Gasteiger partial charge in [-0.3, -0.25) is 4.79 Å². The summed E-state index contributed by atoms with van der Waals surface area (Å²) in [6.07, 6.45) is -5.65. The monoisotopic (exact) mass is 642 g/mol. The maximum Gasteiger partial charge on any atom is 0.573 e. The number of nitrogens with zero attached hydrogens (tertiary/aromatic N) is 3. The van der Waals surface area contributed by atoms with E-state index in [1.165, 1.54) is 4.90 Å². The number of aromatic nitrogens is 2. The van der Waals surface area contributed by atoms with Crippen LogP contribution in [0, 0.1) is 17.3 Å². The molecular weight excluding hydrogens is 607 g/mol. The van der Waals surface area contributed by atoms with Crippen molar-refractivity contribution < 1.29 is 50.5 Å². The van der Waals surface area contributed by atoms with Crippen molar-refractivity contribution in [3.05, 3.63) is 23.9 Å². The third-order valence-electron chi connectivity index (χ3n) is 8.54. The van der Waals surface area contributed by atoms with Crippen LogP contribution < -0.4 is 14.8 Å². The van der Waals surface area contributed by atoms with Gasteiger partial charge in [0.15, 0.2) is 5.69 Å². The number of fused-ring (bicyclic) bond motifs is 5. The Bertz CT molecular complexity index is 1460. The third-order valence-corrected chi connectivity index (χ3v) is 8.54. The van der Waals surface area contributed by atoms with Crippen molar-refractivity contribution in [2.24, 2.45) is 17.3 Å². The average Bonchev–Trinajstić information content (AvgIpc) is 3.59. The largest absolute Gasteiger partial charge is 0.573 e. The molecular formula is C30H35F5N4O6. The van der Waals surface area contributed by atoms with Gasteiger partial charge >= 0.3 is 12.5 Å². The van der Waals surface area contributed by atoms with Crippen LogP contribution in [0.3, 0.4) is 0 Å². The van der Waals surface area contributed by atoms with Crippen LogP contribution in [0.4, 0.5) is 26.7 Å². The molecule has 2 fully saturated rings. The van der Waals surface area contributed by atoms with Crippen LogP contribution in [0.15, 0.2) is 18.2 Å². The Morgan fingerprint density at radius 1 is 1.07 bits per heavy atom. The summed E-state index contributed by atoms with van der Waals surface area (Å²) < 4.78 is 85.6. The standard InChI is InChI=1S/C30H35F5N4O6/c1-15-20(14-40)39-13-22(15)43-25-23(36-18-9-8-17(12-19(18)37-25)45-30(33,34)35)29(31,32)10-6-5-7-16-11-21(16)44-27(42)38-24(26(39)41)28(2,3)4/h8-9,12,14-16,20-22,24H,5-7,10-11,13H2,1-4H3,(H,38,42)/t15-,16+,20+,21+,22-,24+/m0/s1. The maximum absolute atomic E-state index is 15.8. The van der Waals surface area contributed by atoms with Gasteiger partial charge in [0.05, 0.1) is 23.6 Å². The molecule has 6 atom stereocenters. The number of amides is 2. The summed E-state index contributed by atoms with van der Waals surface area (Å²) in [7, 11) is 0. The van der Waals surface area contributed by atoms with Crippen molar-refractivity contribution in [3.63, 3.8) is 0 Å². The van der Waals surface area contributed by atoms with Gasteiger partial charge in [-0.2, -0.15) is 8.78 Å². The molecule has 15 heteroatoms. The van der Waals surface area contributed by atoms with Gasteiger partial charge in [0.1, 0.15) is 30.3 Å². The predicted molar refractivity (Wildman–Crippen MR) is 148 cm³/mol. The molecule has 246 valence electrons. The number of halogens is 5. The number of alkyl carbamates (subject to hydrolysis) is 1. The number of carbonyl (C=O) groups is 3. The summed E-state index contributed by atoms with van der Waals surface area (Å²) >= 11 is 0. The lowest BCUT2D eigenvalue weighted by atomic mass is 9.85. The summed E-state index contributed by atoms with van der Waals surface area (Å²) in [5, 5.41) is 2.66. The number of hydrogen-bond donors (Lipinski definition) is 1. The van der Waals surface area contributed by atoms with E-state index in [0.717, 1.165) is 18.2 Å². The van der Waals surface area contributed by atoms with Crippen LogP contribution in [0.2, 0.25) is 0 Å². The molecule has 1 aromatic heterocycles. The zero-order chi connectivity index (χ0) is 32.9. The molecule has 1 aliphatic carbocycles. The maximum atomic E-state index is 15.8. The molecule has 10 nitrogen and oxygen atoms in total. The Morgan fingerprint density at radius 2 is 1.80 bits per heavy atom. The smallest absolute Gasteiger partial charge is 0.471 e. The first-order valence-electron chi connectivity index (χ1n) is 14.8. The number of nitrogens with one attached hydrogen (secondary N) is 1. The van der Waals surface area contributed by atoms with Crippen molar-refractivity contribution >= 4 is 29.3 Å². The molecule has 2 aliphatic heterocycles. The van der Waals surface area contributed by atoms with E-state index in [2.05, 4.69) is 20.0 Å². The molecule has 0 radical (unpaired) electrons. The zero-order valence-corrected chi connectivity index (χ0v) is 25.2. The van der Waals surface area contributed by atoms with Crippen molar-refractivity contribution in [2.45, 2.75) is 96.4 Å². The fraction of sp³-hybridized carbons (Fsp3) is 0.633. The summed E-state index contributed by atoms with van der Waals surface area (Å²) in [5.41, 5.74) is -1.88. The predicted octanol–water partition coefficient (Wildman–Crippen LogP) is 5.52. The van der Waals surface area contributed by atoms with E-state index < -0.39 is 83.7 Å². The van der Waals surface area contributed by atoms with Crippen molar-refractivity contribution in [1.82, 2.24) is 20.2 Å². The molecule has 1 saturated carbocycles. The van der Waals surface area contributed by atoms with Crippen LogP contribution in [-0.2, 0) is 20.2 Å². The first-order chi connectivity index (χ1) is 21.0. The van der Waals surface area contributed by atoms with Crippen molar-refractivity contribution in [3.8, 4) is 11.6 Å². The third kappa shape index (κ3) is 7.22. The molecule has 5 rings (SSSR count). The number of alkyl halides is 5. The number of ether oxygens (including phenoxy) is 3. The molecule has 3 aliphatic rings. The topological polar surface area (TPSA) is 120 Å². The van der Waals surface area contributed by atoms with Crippen molar-refractivity contribution in [1.29, 1.82) is 0 Å². The van der Waals surface area contributed by atoms with E-state index in [4.69, 9.17) is 9.47 Å². The number of benzene rings is 1. The SMILES string of the molecule is C[C@@H]1[C@@H]2CN(C(=O)[C@H](C(C)(C)C)NC(=O)O[C@@H]3C[C@H]3CCCCC(F)(F)c3nc4ccc(OC(F)(F)F)cc4nc3O2)[C@@H]1C=O. The van der Waals surface area contributed by atoms with E-state index in [9.17, 15) is 27.6 Å². The lowest BCUT2D eigenvalue weighted by molar-refractivity contribution is -0.274. The summed E-state index contributed by atoms with van der Waals surface area (Å²) in [6, 6.07) is 0.828. The average molecular weight is 643 g/mol. The highest BCUT2D eigenvalue weighted by molar-refractivity contribution is 5.89. The van der Waals surface area contributed by atoms with Gasteiger partial charge in [-0.05, 0) is 42.7 Å². The molecule has 1 aromatic carbocycles. The molecule has 0 spiro atoms. The Kier molecular flexibility index (Phi) is 8.60. The molecule has 0 unspecified atom stereocenters. The normalized spacial score (nSPS) is 29.3. The van der Waals surface area contributed by atoms with Gasteiger partial charge in [0, 0.05) is 18.4 Å². The Labute approximate surface area is 256 Å². The summed E-state index contributed by atoms with van der Waals surface area (Å²) in [6.45, 7) is 6.59. The second-order valence-corrected chi connectivity index (χ2v) is 13.0. The number of carbonyl (C=O) groups excluding carboxylic acids is 3. The van der Waals surface area contributed by atoms with Gasteiger partial charge in [0.25, 0.3) is 5.92 Å². The fourth-order valence-electron chi connectivity index (χ4n) is 5.89. The highest BCUT2D eigenvalue weighted by Gasteiger charge is 2.49. The molecule has 2 aromatic rings. The first kappa shape index (κ1) is 32.6. The molecule has 2 amide bonds. The van der Waals surface area contributed by atoms with Gasteiger partial charge < -0.3 is 29.2 Å². The Hall–Kier alpha value is -3.78. The lowest BCUT2D eigenvalue weighted by Gasteiger charge is -2.34. The van der Waals surface area contributed by atoms with Crippen LogP contribution in [0.1, 0.15) is 65.5 Å². The van der Waals surface area contributed by atoms with E-state index in [1.807, 2.05) is 0 Å². The summed E-state index contributed by atoms with van der Waals surface area (Å²) in [4.78, 5) is 48.4. The number of aldehydes is 1. The molecule has 1 saturated heterocycles. The molecule has 3 heterocycles. The highest BCUT2D eigenvalue weighted by Crippen LogP contribution is 2.42. The van der Waals surface area contributed by atoms with E-state index in [-0.39, 0.29) is 29.9 Å². The minimum absolute atomic E-state index is 0.000791. The van der Waals surface area contributed by atoms with E-state index in [1.54, 1.807) is 27.7 Å². The number of hydrogen-bond acceptors (Lipinski definition) is 8. The minimum Gasteiger partial charge on any atom is -0.471 e. The Morgan fingerprint density at radius 3 is 2.47 bits per heavy atom. The van der Waals surface area contributed by atoms with Crippen LogP contribution in [0.25, 0.3) is 11.0 Å². The minimum atomic E-state index is -5.00. The first-order valence-corrected chi connectivity index (χ1v) is 14.8. The van der Waals surface area contributed by atoms with Crippen LogP contribution in [0.5, 0.6) is 11.6 Å². The second kappa shape index (κ2) is 11.9. The fourth-order valence-corrected chi connectivity index (χ4v) is 5.89. The number of rotatable bonds is 2. The lowest BCUT2D eigenvalue weighted by Crippen LogP contribution is -2.56. The Balaban J connectivity index is 1.55. The van der Waals surface area contributed by atoms with E-state index >= 15 is 8.78 Å². The summed E-state index contributed by atoms with van der Waals surface area (Å²) in [5.74, 6) is -6.09. The van der Waals surface area contributed by atoms with E-state index in [0.29, 0.717) is 25.5 Å². The van der Waals surface area contributed by atoms with Gasteiger partial charge in [-0.15, -0.1) is 13.2 Å². The van der Waals surface area contributed by atoms with Crippen LogP contribution in [-0.4, -0.2) is 70.4 Å². The molecule has 1 N–H and O–H groups in total. The van der Waals surface area contributed by atoms with Gasteiger partial charge in [0.2, 0.25) is 11.8 Å². The quantitative estimate of drug-likeness (QED) is 0.336. The van der Waals surface area contributed by atoms with Gasteiger partial charge in [-0.25, -0.2) is 14.8 Å². The highest BCUT2D eigenvalue weighted by atomic mass is 19.4. The second-order valence-electron chi connectivity index (χ2n) is 13.0. The van der Waals surface area contributed by atoms with Gasteiger partial charge in [-0.1, -0.05) is 34.1 Å². The molecule has 2 bridgehead atoms.